The second kappa shape index (κ2) is 14.6. The van der Waals surface area contributed by atoms with E-state index in [1.165, 1.54) is 29.3 Å². The highest BCUT2D eigenvalue weighted by molar-refractivity contribution is 5.84. The average Bonchev–Trinajstić information content (AvgIpc) is 2.91. The van der Waals surface area contributed by atoms with Crippen molar-refractivity contribution in [2.45, 2.75) is 102 Å². The summed E-state index contributed by atoms with van der Waals surface area (Å²) in [5, 5.41) is 20.6. The lowest BCUT2D eigenvalue weighted by molar-refractivity contribution is -0.246. The molecular formula is C34H49F2N5O3. The molecule has 0 aliphatic carbocycles. The van der Waals surface area contributed by atoms with Crippen LogP contribution >= 0.6 is 0 Å². The molecule has 2 aromatic carbocycles. The number of urea groups is 1. The highest BCUT2D eigenvalue weighted by Crippen LogP contribution is 2.36. The molecule has 1 aliphatic rings. The predicted molar refractivity (Wildman–Crippen MR) is 169 cm³/mol. The van der Waals surface area contributed by atoms with E-state index in [0.29, 0.717) is 31.6 Å². The lowest BCUT2D eigenvalue weighted by Crippen LogP contribution is -2.63. The van der Waals surface area contributed by atoms with Crippen LogP contribution in [0.3, 0.4) is 0 Å². The van der Waals surface area contributed by atoms with E-state index in [-0.39, 0.29) is 36.2 Å². The quantitative estimate of drug-likeness (QED) is 0.210. The van der Waals surface area contributed by atoms with Crippen LogP contribution in [0, 0.1) is 17.6 Å². The van der Waals surface area contributed by atoms with Crippen LogP contribution in [0.4, 0.5) is 13.6 Å². The van der Waals surface area contributed by atoms with Crippen LogP contribution in [0.15, 0.2) is 60.7 Å². The van der Waals surface area contributed by atoms with E-state index in [2.05, 4.69) is 29.8 Å². The topological polar surface area (TPSA) is 120 Å². The summed E-state index contributed by atoms with van der Waals surface area (Å²) in [6.45, 7) is 11.6. The van der Waals surface area contributed by atoms with Crippen molar-refractivity contribution in [1.82, 2.24) is 21.0 Å². The van der Waals surface area contributed by atoms with E-state index < -0.39 is 22.6 Å². The first kappa shape index (κ1) is 35.1. The predicted octanol–water partition coefficient (Wildman–Crippen LogP) is 5.24. The van der Waals surface area contributed by atoms with Crippen molar-refractivity contribution in [3.63, 3.8) is 0 Å². The van der Waals surface area contributed by atoms with Crippen molar-refractivity contribution in [2.24, 2.45) is 11.7 Å². The molecule has 0 unspecified atom stereocenters. The molecule has 242 valence electrons. The molecule has 0 bridgehead atoms. The molecular weight excluding hydrogens is 564 g/mol. The minimum atomic E-state index is -1.03. The SMILES string of the molecule is CC(C)C[C@H](N)/C=C/C(Cc1ccc(F)cc1)(Cc1ccc(F)cc1)NC(=O)NCC(=O)NC1CC(C)(C)N(O)C(C)(C)C1. The van der Waals surface area contributed by atoms with Gasteiger partial charge in [0.15, 0.2) is 0 Å². The third-order valence-corrected chi connectivity index (χ3v) is 8.05. The number of halogens is 2. The summed E-state index contributed by atoms with van der Waals surface area (Å²) in [5.74, 6) is -0.741. The van der Waals surface area contributed by atoms with E-state index >= 15 is 0 Å². The third-order valence-electron chi connectivity index (χ3n) is 8.05. The number of rotatable bonds is 12. The van der Waals surface area contributed by atoms with Gasteiger partial charge in [-0.15, -0.1) is 0 Å². The first-order valence-corrected chi connectivity index (χ1v) is 15.3. The van der Waals surface area contributed by atoms with Gasteiger partial charge >= 0.3 is 6.03 Å². The molecule has 2 aromatic rings. The first-order chi connectivity index (χ1) is 20.5. The first-order valence-electron chi connectivity index (χ1n) is 15.3. The van der Waals surface area contributed by atoms with Crippen molar-refractivity contribution < 1.29 is 23.6 Å². The minimum absolute atomic E-state index is 0.179. The maximum atomic E-state index is 13.7. The van der Waals surface area contributed by atoms with Crippen molar-refractivity contribution in [3.8, 4) is 0 Å². The van der Waals surface area contributed by atoms with Gasteiger partial charge in [0.25, 0.3) is 0 Å². The Balaban J connectivity index is 1.81. The van der Waals surface area contributed by atoms with Crippen molar-refractivity contribution in [2.75, 3.05) is 6.54 Å². The Morgan fingerprint density at radius 2 is 1.45 bits per heavy atom. The molecule has 1 atom stereocenters. The Kier molecular flexibility index (Phi) is 11.7. The molecule has 0 spiro atoms. The van der Waals surface area contributed by atoms with Gasteiger partial charge in [0.1, 0.15) is 11.6 Å². The third kappa shape index (κ3) is 10.4. The lowest BCUT2D eigenvalue weighted by Gasteiger charge is -2.51. The molecule has 1 heterocycles. The van der Waals surface area contributed by atoms with Crippen LogP contribution in [-0.4, -0.2) is 57.5 Å². The number of amides is 3. The molecule has 3 amide bonds. The van der Waals surface area contributed by atoms with Gasteiger partial charge in [-0.05, 0) is 101 Å². The van der Waals surface area contributed by atoms with E-state index in [1.54, 1.807) is 24.3 Å². The number of hydroxylamine groups is 2. The molecule has 0 radical (unpaired) electrons. The zero-order chi connectivity index (χ0) is 32.7. The van der Waals surface area contributed by atoms with Crippen molar-refractivity contribution in [3.05, 3.63) is 83.4 Å². The van der Waals surface area contributed by atoms with Gasteiger partial charge in [0.05, 0.1) is 12.1 Å². The molecule has 0 saturated carbocycles. The summed E-state index contributed by atoms with van der Waals surface area (Å²) in [7, 11) is 0. The van der Waals surface area contributed by atoms with Crippen LogP contribution in [0.5, 0.6) is 0 Å². The highest BCUT2D eigenvalue weighted by atomic mass is 19.1. The van der Waals surface area contributed by atoms with E-state index in [1.807, 2.05) is 39.8 Å². The largest absolute Gasteiger partial charge is 0.352 e. The van der Waals surface area contributed by atoms with E-state index in [0.717, 1.165) is 17.5 Å². The monoisotopic (exact) mass is 613 g/mol. The fraction of sp³-hybridized carbons (Fsp3) is 0.529. The summed E-state index contributed by atoms with van der Waals surface area (Å²) in [4.78, 5) is 26.3. The molecule has 3 rings (SSSR count). The molecule has 1 fully saturated rings. The van der Waals surface area contributed by atoms with Crippen LogP contribution in [-0.2, 0) is 17.6 Å². The number of piperidine rings is 1. The van der Waals surface area contributed by atoms with Crippen LogP contribution in [0.2, 0.25) is 0 Å². The Morgan fingerprint density at radius 3 is 1.91 bits per heavy atom. The lowest BCUT2D eigenvalue weighted by atomic mass is 9.79. The zero-order valence-corrected chi connectivity index (χ0v) is 26.8. The van der Waals surface area contributed by atoms with Crippen LogP contribution in [0.1, 0.15) is 71.9 Å². The minimum Gasteiger partial charge on any atom is -0.352 e. The van der Waals surface area contributed by atoms with Crippen molar-refractivity contribution >= 4 is 11.9 Å². The Morgan fingerprint density at radius 1 is 0.977 bits per heavy atom. The number of carbonyl (C=O) groups is 2. The number of benzene rings is 2. The standard InChI is InChI=1S/C34H49F2N5O3/c1-23(2)17-28(37)15-16-34(18-24-7-11-26(35)12-8-24,19-25-9-13-27(36)14-10-25)40-31(43)38-22-30(42)39-29-20-32(3,4)41(44)33(5,6)21-29/h7-16,23,28-29,44H,17-22,37H2,1-6H3,(H,39,42)(H2,38,40,43)/b16-15+/t28-/m1/s1. The average molecular weight is 614 g/mol. The van der Waals surface area contributed by atoms with Gasteiger partial charge in [-0.3, -0.25) is 4.79 Å². The van der Waals surface area contributed by atoms with E-state index in [9.17, 15) is 23.6 Å². The van der Waals surface area contributed by atoms with Crippen molar-refractivity contribution in [1.29, 1.82) is 0 Å². The number of nitrogens with one attached hydrogen (secondary N) is 3. The van der Waals surface area contributed by atoms with Gasteiger partial charge in [-0.25, -0.2) is 13.6 Å². The molecule has 0 aromatic heterocycles. The normalized spacial score (nSPS) is 17.9. The van der Waals surface area contributed by atoms with Gasteiger partial charge in [-0.2, -0.15) is 5.06 Å². The molecule has 10 heteroatoms. The Hall–Kier alpha value is -3.34. The van der Waals surface area contributed by atoms with Gasteiger partial charge in [-0.1, -0.05) is 50.3 Å². The van der Waals surface area contributed by atoms with Gasteiger partial charge in [0, 0.05) is 23.2 Å². The summed E-state index contributed by atoms with van der Waals surface area (Å²) >= 11 is 0. The number of nitrogens with two attached hydrogens (primary N) is 1. The van der Waals surface area contributed by atoms with Crippen LogP contribution in [0.25, 0.3) is 0 Å². The maximum absolute atomic E-state index is 13.7. The number of nitrogens with zero attached hydrogens (tertiary/aromatic N) is 1. The molecule has 6 N–H and O–H groups in total. The summed E-state index contributed by atoms with van der Waals surface area (Å²) in [6, 6.07) is 11.1. The molecule has 44 heavy (non-hydrogen) atoms. The highest BCUT2D eigenvalue weighted by Gasteiger charge is 2.45. The fourth-order valence-corrected chi connectivity index (χ4v) is 6.26. The summed E-state index contributed by atoms with van der Waals surface area (Å²) in [6.07, 6.45) is 6.12. The number of hydrogen-bond acceptors (Lipinski definition) is 5. The fourth-order valence-electron chi connectivity index (χ4n) is 6.26. The number of carbonyl (C=O) groups excluding carboxylic acids is 2. The van der Waals surface area contributed by atoms with Crippen LogP contribution < -0.4 is 21.7 Å². The Bertz CT molecular complexity index is 1210. The van der Waals surface area contributed by atoms with E-state index in [4.69, 9.17) is 5.73 Å². The number of hydrogen-bond donors (Lipinski definition) is 5. The maximum Gasteiger partial charge on any atom is 0.315 e. The smallest absolute Gasteiger partial charge is 0.315 e. The van der Waals surface area contributed by atoms with Gasteiger partial charge < -0.3 is 26.9 Å². The summed E-state index contributed by atoms with van der Waals surface area (Å²) in [5.41, 5.74) is 5.83. The second-order valence-corrected chi connectivity index (χ2v) is 13.8. The zero-order valence-electron chi connectivity index (χ0n) is 26.8. The molecule has 1 saturated heterocycles. The molecule has 8 nitrogen and oxygen atoms in total. The Labute approximate surface area is 260 Å². The second-order valence-electron chi connectivity index (χ2n) is 13.8. The van der Waals surface area contributed by atoms with Gasteiger partial charge in [0.2, 0.25) is 5.91 Å². The summed E-state index contributed by atoms with van der Waals surface area (Å²) < 4.78 is 27.5. The molecule has 1 aliphatic heterocycles.